The summed E-state index contributed by atoms with van der Waals surface area (Å²) in [7, 11) is 2.18. The van der Waals surface area contributed by atoms with Gasteiger partial charge in [-0.05, 0) is 24.8 Å². The van der Waals surface area contributed by atoms with Crippen molar-refractivity contribution in [3.8, 4) is 0 Å². The van der Waals surface area contributed by atoms with E-state index < -0.39 is 9.28 Å². The van der Waals surface area contributed by atoms with E-state index in [1.165, 1.54) is 19.3 Å². The molecule has 84 valence electrons. The Morgan fingerprint density at radius 3 is 2.50 bits per heavy atom. The van der Waals surface area contributed by atoms with E-state index in [1.807, 2.05) is 0 Å². The lowest BCUT2D eigenvalue weighted by Gasteiger charge is -2.16. The molecule has 1 rings (SSSR count). The van der Waals surface area contributed by atoms with Crippen molar-refractivity contribution < 1.29 is 13.6 Å². The van der Waals surface area contributed by atoms with Gasteiger partial charge in [-0.15, -0.1) is 0 Å². The predicted molar refractivity (Wildman–Crippen MR) is 58.7 cm³/mol. The van der Waals surface area contributed by atoms with Crippen LogP contribution in [0.3, 0.4) is 0 Å². The van der Waals surface area contributed by atoms with E-state index in [0.29, 0.717) is 6.10 Å². The third-order valence-electron chi connectivity index (χ3n) is 2.91. The van der Waals surface area contributed by atoms with Gasteiger partial charge in [-0.1, -0.05) is 13.3 Å². The molecule has 0 bridgehead atoms. The Kier molecular flexibility index (Phi) is 5.70. The highest BCUT2D eigenvalue weighted by Gasteiger charge is 2.26. The first-order valence-corrected chi connectivity index (χ1v) is 7.23. The fourth-order valence-electron chi connectivity index (χ4n) is 1.77. The van der Waals surface area contributed by atoms with Crippen LogP contribution < -0.4 is 0 Å². The summed E-state index contributed by atoms with van der Waals surface area (Å²) in [6.07, 6.45) is 4.26. The Morgan fingerprint density at radius 2 is 2.07 bits per heavy atom. The van der Waals surface area contributed by atoms with Crippen LogP contribution in [0, 0.1) is 5.92 Å². The van der Waals surface area contributed by atoms with E-state index in [2.05, 4.69) is 6.92 Å². The SMILES string of the molecule is CCC(CC[SiH](OC)OC)CC1CO1. The molecule has 1 fully saturated rings. The third kappa shape index (κ3) is 4.55. The van der Waals surface area contributed by atoms with Crippen molar-refractivity contribution >= 4 is 9.28 Å². The fraction of sp³-hybridized carbons (Fsp3) is 1.00. The van der Waals surface area contributed by atoms with Crippen molar-refractivity contribution in [2.24, 2.45) is 5.92 Å². The Balaban J connectivity index is 2.11. The summed E-state index contributed by atoms with van der Waals surface area (Å²) in [5, 5.41) is 0. The minimum Gasteiger partial charge on any atom is -0.400 e. The maximum absolute atomic E-state index is 5.30. The molecule has 2 atom stereocenters. The fourth-order valence-corrected chi connectivity index (χ4v) is 3.18. The summed E-state index contributed by atoms with van der Waals surface area (Å²) >= 11 is 0. The van der Waals surface area contributed by atoms with Gasteiger partial charge in [-0.25, -0.2) is 0 Å². The molecule has 2 unspecified atom stereocenters. The zero-order valence-corrected chi connectivity index (χ0v) is 10.6. The smallest absolute Gasteiger partial charge is 0.320 e. The second-order valence-electron chi connectivity index (χ2n) is 3.94. The van der Waals surface area contributed by atoms with E-state index in [0.717, 1.165) is 18.6 Å². The average Bonchev–Trinajstić information content (AvgIpc) is 3.01. The van der Waals surface area contributed by atoms with Crippen LogP contribution in [0.1, 0.15) is 26.2 Å². The van der Waals surface area contributed by atoms with Gasteiger partial charge in [0.2, 0.25) is 0 Å². The molecule has 1 saturated heterocycles. The van der Waals surface area contributed by atoms with E-state index in [-0.39, 0.29) is 0 Å². The molecule has 0 amide bonds. The van der Waals surface area contributed by atoms with Crippen LogP contribution in [0.25, 0.3) is 0 Å². The number of rotatable bonds is 8. The van der Waals surface area contributed by atoms with Gasteiger partial charge in [0.25, 0.3) is 0 Å². The summed E-state index contributed by atoms with van der Waals surface area (Å²) in [5.74, 6) is 0.794. The summed E-state index contributed by atoms with van der Waals surface area (Å²) in [6, 6.07) is 1.12. The molecular weight excluding hydrogens is 196 g/mol. The zero-order valence-electron chi connectivity index (χ0n) is 9.49. The molecule has 0 aromatic rings. The van der Waals surface area contributed by atoms with E-state index in [9.17, 15) is 0 Å². The minimum atomic E-state index is -1.33. The van der Waals surface area contributed by atoms with E-state index in [4.69, 9.17) is 13.6 Å². The molecule has 14 heavy (non-hydrogen) atoms. The molecule has 0 spiro atoms. The molecule has 1 aliphatic heterocycles. The first-order valence-electron chi connectivity index (χ1n) is 5.47. The van der Waals surface area contributed by atoms with Crippen LogP contribution in [0.5, 0.6) is 0 Å². The third-order valence-corrected chi connectivity index (χ3v) is 4.77. The Hall–Kier alpha value is 0.0969. The van der Waals surface area contributed by atoms with Crippen molar-refractivity contribution in [1.29, 1.82) is 0 Å². The van der Waals surface area contributed by atoms with Gasteiger partial charge >= 0.3 is 9.28 Å². The highest BCUT2D eigenvalue weighted by atomic mass is 28.3. The van der Waals surface area contributed by atoms with Crippen molar-refractivity contribution in [3.63, 3.8) is 0 Å². The molecule has 3 nitrogen and oxygen atoms in total. The van der Waals surface area contributed by atoms with Gasteiger partial charge in [-0.2, -0.15) is 0 Å². The number of ether oxygens (including phenoxy) is 1. The van der Waals surface area contributed by atoms with Crippen molar-refractivity contribution in [3.05, 3.63) is 0 Å². The molecule has 0 aliphatic carbocycles. The Bertz CT molecular complexity index is 146. The Morgan fingerprint density at radius 1 is 1.43 bits per heavy atom. The molecule has 0 N–H and O–H groups in total. The number of hydrogen-bond acceptors (Lipinski definition) is 3. The molecule has 1 heterocycles. The van der Waals surface area contributed by atoms with Crippen molar-refractivity contribution in [2.75, 3.05) is 20.8 Å². The maximum atomic E-state index is 5.30. The summed E-state index contributed by atoms with van der Waals surface area (Å²) in [4.78, 5) is 0. The van der Waals surface area contributed by atoms with E-state index in [1.54, 1.807) is 14.2 Å². The summed E-state index contributed by atoms with van der Waals surface area (Å²) in [6.45, 7) is 3.23. The molecular formula is C10H22O3Si. The van der Waals surface area contributed by atoms with Crippen molar-refractivity contribution in [2.45, 2.75) is 38.3 Å². The van der Waals surface area contributed by atoms with Crippen LogP contribution in [-0.2, 0) is 13.6 Å². The predicted octanol–water partition coefficient (Wildman–Crippen LogP) is 1.70. The molecule has 0 radical (unpaired) electrons. The van der Waals surface area contributed by atoms with E-state index >= 15 is 0 Å². The lowest BCUT2D eigenvalue weighted by atomic mass is 9.98. The van der Waals surface area contributed by atoms with Crippen LogP contribution in [0.15, 0.2) is 0 Å². The molecule has 4 heteroatoms. The number of hydrogen-bond donors (Lipinski definition) is 0. The van der Waals surface area contributed by atoms with Gasteiger partial charge in [0.15, 0.2) is 0 Å². The van der Waals surface area contributed by atoms with Gasteiger partial charge in [0.05, 0.1) is 12.7 Å². The maximum Gasteiger partial charge on any atom is 0.320 e. The van der Waals surface area contributed by atoms with Crippen LogP contribution >= 0.6 is 0 Å². The summed E-state index contributed by atoms with van der Waals surface area (Å²) in [5.41, 5.74) is 0. The lowest BCUT2D eigenvalue weighted by molar-refractivity contribution is 0.269. The zero-order chi connectivity index (χ0) is 10.4. The number of epoxide rings is 1. The largest absolute Gasteiger partial charge is 0.400 e. The Labute approximate surface area is 88.6 Å². The monoisotopic (exact) mass is 218 g/mol. The molecule has 0 aromatic carbocycles. The van der Waals surface area contributed by atoms with Gasteiger partial charge in [0.1, 0.15) is 0 Å². The first kappa shape index (κ1) is 12.2. The van der Waals surface area contributed by atoms with Crippen LogP contribution in [0.4, 0.5) is 0 Å². The highest BCUT2D eigenvalue weighted by molar-refractivity contribution is 6.44. The summed E-state index contributed by atoms with van der Waals surface area (Å²) < 4.78 is 15.8. The molecule has 0 saturated carbocycles. The second kappa shape index (κ2) is 6.56. The normalized spacial score (nSPS) is 22.7. The average molecular weight is 218 g/mol. The lowest BCUT2D eigenvalue weighted by Crippen LogP contribution is -2.20. The second-order valence-corrected chi connectivity index (χ2v) is 6.32. The standard InChI is InChI=1S/C10H22O3Si/c1-4-9(7-10-8-13-10)5-6-14(11-2)12-3/h9-10,14H,4-8H2,1-3H3. The quantitative estimate of drug-likeness (QED) is 0.459. The topological polar surface area (TPSA) is 31.0 Å². The van der Waals surface area contributed by atoms with Crippen LogP contribution in [0.2, 0.25) is 6.04 Å². The van der Waals surface area contributed by atoms with Gasteiger partial charge < -0.3 is 13.6 Å². The molecule has 1 aliphatic rings. The van der Waals surface area contributed by atoms with Crippen molar-refractivity contribution in [1.82, 2.24) is 0 Å². The molecule has 0 aromatic heterocycles. The highest BCUT2D eigenvalue weighted by Crippen LogP contribution is 2.25. The van der Waals surface area contributed by atoms with Crippen LogP contribution in [-0.4, -0.2) is 36.2 Å². The van der Waals surface area contributed by atoms with Gasteiger partial charge in [0, 0.05) is 14.2 Å². The first-order chi connectivity index (χ1) is 6.80. The minimum absolute atomic E-state index is 0.560. The van der Waals surface area contributed by atoms with Gasteiger partial charge in [-0.3, -0.25) is 0 Å².